The molecule has 2 aromatic rings. The quantitative estimate of drug-likeness (QED) is 0.672. The van der Waals surface area contributed by atoms with Crippen molar-refractivity contribution in [1.82, 2.24) is 9.97 Å². The van der Waals surface area contributed by atoms with Gasteiger partial charge >= 0.3 is 0 Å². The molecule has 0 saturated carbocycles. The molecule has 19 heavy (non-hydrogen) atoms. The second kappa shape index (κ2) is 5.61. The average Bonchev–Trinajstić information content (AvgIpc) is 2.35. The van der Waals surface area contributed by atoms with Crippen LogP contribution in [0.25, 0.3) is 0 Å². The van der Waals surface area contributed by atoms with E-state index in [1.165, 1.54) is 16.7 Å². The van der Waals surface area contributed by atoms with Crippen LogP contribution in [0.15, 0.2) is 23.5 Å². The van der Waals surface area contributed by atoms with Crippen molar-refractivity contribution in [2.45, 2.75) is 32.9 Å². The van der Waals surface area contributed by atoms with Gasteiger partial charge < -0.3 is 5.32 Å². The molecular weight excluding hydrogens is 254 g/mol. The first-order chi connectivity index (χ1) is 9.01. The minimum Gasteiger partial charge on any atom is -0.339 e. The van der Waals surface area contributed by atoms with E-state index in [1.807, 2.05) is 19.4 Å². The minimum atomic E-state index is 0.788. The summed E-state index contributed by atoms with van der Waals surface area (Å²) in [5.41, 5.74) is 5.95. The van der Waals surface area contributed by atoms with Crippen LogP contribution in [0.4, 0.5) is 11.5 Å². The van der Waals surface area contributed by atoms with Crippen molar-refractivity contribution in [3.63, 3.8) is 0 Å². The first-order valence-electron chi connectivity index (χ1n) is 6.23. The summed E-state index contributed by atoms with van der Waals surface area (Å²) in [5.74, 6) is 0.884. The van der Waals surface area contributed by atoms with E-state index in [-0.39, 0.29) is 0 Å². The number of nitrogens with one attached hydrogen (secondary N) is 1. The van der Waals surface area contributed by atoms with E-state index in [0.29, 0.717) is 0 Å². The molecule has 0 amide bonds. The van der Waals surface area contributed by atoms with Crippen molar-refractivity contribution >= 4 is 23.3 Å². The Hall–Kier alpha value is -1.55. The summed E-state index contributed by atoms with van der Waals surface area (Å²) in [4.78, 5) is 8.80. The van der Waals surface area contributed by atoms with Crippen molar-refractivity contribution in [3.8, 4) is 0 Å². The third-order valence-electron chi connectivity index (χ3n) is 3.05. The summed E-state index contributed by atoms with van der Waals surface area (Å²) >= 11 is 1.55. The predicted octanol–water partition coefficient (Wildman–Crippen LogP) is 4.18. The number of benzene rings is 1. The highest BCUT2D eigenvalue weighted by molar-refractivity contribution is 7.98. The molecule has 0 aliphatic carbocycles. The molecule has 0 bridgehead atoms. The molecule has 0 unspecified atom stereocenters. The molecule has 100 valence electrons. The van der Waals surface area contributed by atoms with Gasteiger partial charge in [-0.25, -0.2) is 9.97 Å². The maximum Gasteiger partial charge on any atom is 0.189 e. The summed E-state index contributed by atoms with van der Waals surface area (Å²) in [5, 5.41) is 4.23. The maximum absolute atomic E-state index is 4.53. The molecule has 3 nitrogen and oxygen atoms in total. The lowest BCUT2D eigenvalue weighted by Crippen LogP contribution is -2.02. The monoisotopic (exact) mass is 273 g/mol. The minimum absolute atomic E-state index is 0.788. The van der Waals surface area contributed by atoms with Gasteiger partial charge in [-0.1, -0.05) is 29.5 Å². The van der Waals surface area contributed by atoms with Gasteiger partial charge in [-0.2, -0.15) is 0 Å². The van der Waals surface area contributed by atoms with Crippen molar-refractivity contribution in [2.75, 3.05) is 11.6 Å². The number of aryl methyl sites for hydroxylation is 4. The van der Waals surface area contributed by atoms with E-state index in [4.69, 9.17) is 0 Å². The molecule has 0 spiro atoms. The number of anilines is 2. The molecule has 4 heteroatoms. The largest absolute Gasteiger partial charge is 0.339 e. The average molecular weight is 273 g/mol. The molecular formula is C15H19N3S. The Balaban J connectivity index is 2.41. The van der Waals surface area contributed by atoms with E-state index in [2.05, 4.69) is 48.2 Å². The number of nitrogens with zero attached hydrogens (tertiary/aromatic N) is 2. The fourth-order valence-electron chi connectivity index (χ4n) is 2.15. The third kappa shape index (κ3) is 3.07. The fourth-order valence-corrected chi connectivity index (χ4v) is 2.49. The van der Waals surface area contributed by atoms with Crippen molar-refractivity contribution in [1.29, 1.82) is 0 Å². The van der Waals surface area contributed by atoms with Crippen LogP contribution in [0.2, 0.25) is 0 Å². The number of rotatable bonds is 3. The molecule has 0 aliphatic rings. The van der Waals surface area contributed by atoms with Crippen LogP contribution in [-0.4, -0.2) is 16.2 Å². The van der Waals surface area contributed by atoms with E-state index in [1.54, 1.807) is 11.8 Å². The lowest BCUT2D eigenvalue weighted by atomic mass is 10.1. The van der Waals surface area contributed by atoms with Crippen LogP contribution in [-0.2, 0) is 0 Å². The molecule has 1 heterocycles. The zero-order valence-corrected chi connectivity index (χ0v) is 12.9. The van der Waals surface area contributed by atoms with Gasteiger partial charge in [-0.15, -0.1) is 0 Å². The van der Waals surface area contributed by atoms with Crippen LogP contribution >= 0.6 is 11.8 Å². The third-order valence-corrected chi connectivity index (χ3v) is 3.61. The Morgan fingerprint density at radius 1 is 1.00 bits per heavy atom. The first kappa shape index (κ1) is 13.9. The topological polar surface area (TPSA) is 37.8 Å². The van der Waals surface area contributed by atoms with E-state index in [0.717, 1.165) is 22.2 Å². The van der Waals surface area contributed by atoms with Crippen LogP contribution in [0.3, 0.4) is 0 Å². The Kier molecular flexibility index (Phi) is 4.10. The molecule has 0 fully saturated rings. The molecule has 1 aromatic heterocycles. The Bertz CT molecular complexity index is 585. The lowest BCUT2D eigenvalue weighted by Gasteiger charge is -2.15. The predicted molar refractivity (Wildman–Crippen MR) is 82.5 cm³/mol. The highest BCUT2D eigenvalue weighted by Crippen LogP contribution is 2.27. The van der Waals surface area contributed by atoms with Gasteiger partial charge in [-0.05, 0) is 45.1 Å². The van der Waals surface area contributed by atoms with E-state index < -0.39 is 0 Å². The maximum atomic E-state index is 4.53. The Labute approximate surface area is 118 Å². The normalized spacial score (nSPS) is 10.6. The number of hydrogen-bond donors (Lipinski definition) is 1. The second-order valence-electron chi connectivity index (χ2n) is 4.79. The number of thioether (sulfide) groups is 1. The van der Waals surface area contributed by atoms with Crippen molar-refractivity contribution in [2.24, 2.45) is 0 Å². The molecule has 0 radical (unpaired) electrons. The van der Waals surface area contributed by atoms with Gasteiger partial charge in [-0.3, -0.25) is 0 Å². The van der Waals surface area contributed by atoms with Crippen LogP contribution in [0.5, 0.6) is 0 Å². The van der Waals surface area contributed by atoms with Crippen LogP contribution in [0, 0.1) is 27.7 Å². The van der Waals surface area contributed by atoms with Crippen LogP contribution in [0.1, 0.15) is 22.3 Å². The number of aromatic nitrogens is 2. The SMILES string of the molecule is CSc1ncc(C)c(Nc2c(C)cc(C)cc2C)n1. The van der Waals surface area contributed by atoms with Gasteiger partial charge in [0.2, 0.25) is 0 Å². The first-order valence-corrected chi connectivity index (χ1v) is 7.46. The van der Waals surface area contributed by atoms with Crippen LogP contribution < -0.4 is 5.32 Å². The summed E-state index contributed by atoms with van der Waals surface area (Å²) < 4.78 is 0. The van der Waals surface area contributed by atoms with Crippen molar-refractivity contribution < 1.29 is 0 Å². The Morgan fingerprint density at radius 2 is 1.63 bits per heavy atom. The highest BCUT2D eigenvalue weighted by atomic mass is 32.2. The summed E-state index contributed by atoms with van der Waals surface area (Å²) in [6.45, 7) is 8.37. The van der Waals surface area contributed by atoms with Crippen molar-refractivity contribution in [3.05, 3.63) is 40.6 Å². The van der Waals surface area contributed by atoms with Gasteiger partial charge in [0.25, 0.3) is 0 Å². The highest BCUT2D eigenvalue weighted by Gasteiger charge is 2.08. The standard InChI is InChI=1S/C15H19N3S/c1-9-6-10(2)13(11(3)7-9)17-14-12(4)8-16-15(18-14)19-5/h6-8H,1-5H3,(H,16,17,18). The summed E-state index contributed by atoms with van der Waals surface area (Å²) in [7, 11) is 0. The van der Waals surface area contributed by atoms with E-state index in [9.17, 15) is 0 Å². The molecule has 0 saturated heterocycles. The van der Waals surface area contributed by atoms with E-state index >= 15 is 0 Å². The van der Waals surface area contributed by atoms with Gasteiger partial charge in [0, 0.05) is 17.4 Å². The molecule has 0 atom stereocenters. The molecule has 1 N–H and O–H groups in total. The summed E-state index contributed by atoms with van der Waals surface area (Å²) in [6.07, 6.45) is 3.84. The van der Waals surface area contributed by atoms with Gasteiger partial charge in [0.1, 0.15) is 5.82 Å². The smallest absolute Gasteiger partial charge is 0.189 e. The second-order valence-corrected chi connectivity index (χ2v) is 5.56. The van der Waals surface area contributed by atoms with Gasteiger partial charge in [0.15, 0.2) is 5.16 Å². The zero-order chi connectivity index (χ0) is 14.0. The zero-order valence-electron chi connectivity index (χ0n) is 12.0. The molecule has 0 aliphatic heterocycles. The molecule has 2 rings (SSSR count). The lowest BCUT2D eigenvalue weighted by molar-refractivity contribution is 0.958. The summed E-state index contributed by atoms with van der Waals surface area (Å²) in [6, 6.07) is 4.36. The number of hydrogen-bond acceptors (Lipinski definition) is 4. The Morgan fingerprint density at radius 3 is 2.21 bits per heavy atom. The van der Waals surface area contributed by atoms with Gasteiger partial charge in [0.05, 0.1) is 0 Å². The molecule has 1 aromatic carbocycles. The fraction of sp³-hybridized carbons (Fsp3) is 0.333.